The molecule has 0 aliphatic carbocycles. The lowest BCUT2D eigenvalue weighted by Gasteiger charge is -2.39. The van der Waals surface area contributed by atoms with Crippen LogP contribution in [0, 0.1) is 11.2 Å². The Morgan fingerprint density at radius 3 is 2.29 bits per heavy atom. The Kier molecular flexibility index (Phi) is 5.76. The standard InChI is InChI=1S/C19H21FO3S/c20-17-5-1-15(2-6-17)9-23-18-7-3-16(4-8-18)10-24-14-19(11-21)12-22-13-19/h1-8,21H,9-14H2. The number of rotatable bonds is 8. The maximum atomic E-state index is 12.9. The average molecular weight is 348 g/mol. The van der Waals surface area contributed by atoms with E-state index in [9.17, 15) is 9.50 Å². The van der Waals surface area contributed by atoms with Crippen LogP contribution in [0.5, 0.6) is 5.75 Å². The first kappa shape index (κ1) is 17.3. The summed E-state index contributed by atoms with van der Waals surface area (Å²) in [5.74, 6) is 2.37. The highest BCUT2D eigenvalue weighted by Crippen LogP contribution is 2.32. The Hall–Kier alpha value is -1.56. The quantitative estimate of drug-likeness (QED) is 0.790. The Bertz CT molecular complexity index is 633. The van der Waals surface area contributed by atoms with Crippen LogP contribution in [-0.4, -0.2) is 30.7 Å². The number of thioether (sulfide) groups is 1. The van der Waals surface area contributed by atoms with E-state index in [0.717, 1.165) is 22.8 Å². The van der Waals surface area contributed by atoms with Crippen LogP contribution in [0.25, 0.3) is 0 Å². The molecule has 1 saturated heterocycles. The van der Waals surface area contributed by atoms with Gasteiger partial charge >= 0.3 is 0 Å². The molecule has 0 bridgehead atoms. The minimum atomic E-state index is -0.239. The third-order valence-corrected chi connectivity index (χ3v) is 5.42. The van der Waals surface area contributed by atoms with Gasteiger partial charge in [0.25, 0.3) is 0 Å². The van der Waals surface area contributed by atoms with Crippen molar-refractivity contribution in [3.05, 3.63) is 65.5 Å². The highest BCUT2D eigenvalue weighted by Gasteiger charge is 2.37. The van der Waals surface area contributed by atoms with Crippen molar-refractivity contribution in [1.82, 2.24) is 0 Å². The van der Waals surface area contributed by atoms with E-state index in [1.807, 2.05) is 23.9 Å². The van der Waals surface area contributed by atoms with Gasteiger partial charge in [-0.1, -0.05) is 24.3 Å². The van der Waals surface area contributed by atoms with Crippen molar-refractivity contribution in [3.63, 3.8) is 0 Å². The van der Waals surface area contributed by atoms with Crippen LogP contribution >= 0.6 is 11.8 Å². The third-order valence-electron chi connectivity index (χ3n) is 4.07. The monoisotopic (exact) mass is 348 g/mol. The minimum absolute atomic E-state index is 0.0388. The second-order valence-corrected chi connectivity index (χ2v) is 7.19. The van der Waals surface area contributed by atoms with Crippen LogP contribution in [0.3, 0.4) is 0 Å². The molecule has 1 N–H and O–H groups in total. The average Bonchev–Trinajstić information content (AvgIpc) is 2.58. The number of aliphatic hydroxyl groups is 1. The van der Waals surface area contributed by atoms with Crippen LogP contribution in [0.1, 0.15) is 11.1 Å². The molecular formula is C19H21FO3S. The number of hydrogen-bond donors (Lipinski definition) is 1. The van der Waals surface area contributed by atoms with E-state index in [4.69, 9.17) is 9.47 Å². The first-order chi connectivity index (χ1) is 11.7. The molecule has 128 valence electrons. The summed E-state index contributed by atoms with van der Waals surface area (Å²) in [5.41, 5.74) is 2.12. The van der Waals surface area contributed by atoms with E-state index >= 15 is 0 Å². The molecule has 0 spiro atoms. The SMILES string of the molecule is OCC1(CSCc2ccc(OCc3ccc(F)cc3)cc2)COC1. The molecule has 5 heteroatoms. The lowest BCUT2D eigenvalue weighted by molar-refractivity contribution is -0.121. The number of hydrogen-bond acceptors (Lipinski definition) is 4. The van der Waals surface area contributed by atoms with E-state index in [2.05, 4.69) is 12.1 Å². The molecule has 2 aromatic carbocycles. The number of aliphatic hydroxyl groups excluding tert-OH is 1. The van der Waals surface area contributed by atoms with Crippen molar-refractivity contribution in [3.8, 4) is 5.75 Å². The van der Waals surface area contributed by atoms with E-state index in [-0.39, 0.29) is 17.8 Å². The minimum Gasteiger partial charge on any atom is -0.489 e. The van der Waals surface area contributed by atoms with Gasteiger partial charge in [-0.3, -0.25) is 0 Å². The van der Waals surface area contributed by atoms with Gasteiger partial charge in [-0.2, -0.15) is 11.8 Å². The fourth-order valence-electron chi connectivity index (χ4n) is 2.43. The number of halogens is 1. The largest absolute Gasteiger partial charge is 0.489 e. The molecule has 3 rings (SSSR count). The van der Waals surface area contributed by atoms with Gasteiger partial charge in [0, 0.05) is 16.9 Å². The van der Waals surface area contributed by atoms with Crippen molar-refractivity contribution in [1.29, 1.82) is 0 Å². The molecule has 24 heavy (non-hydrogen) atoms. The maximum Gasteiger partial charge on any atom is 0.123 e. The summed E-state index contributed by atoms with van der Waals surface area (Å²) >= 11 is 1.81. The molecule has 1 aliphatic rings. The molecule has 1 fully saturated rings. The van der Waals surface area contributed by atoms with Gasteiger partial charge in [0.05, 0.1) is 19.8 Å². The molecule has 2 aromatic rings. The van der Waals surface area contributed by atoms with E-state index < -0.39 is 0 Å². The summed E-state index contributed by atoms with van der Waals surface area (Å²) in [7, 11) is 0. The second-order valence-electron chi connectivity index (χ2n) is 6.20. The van der Waals surface area contributed by atoms with Gasteiger partial charge in [-0.05, 0) is 35.4 Å². The van der Waals surface area contributed by atoms with Crippen LogP contribution in [-0.2, 0) is 17.1 Å². The van der Waals surface area contributed by atoms with Gasteiger partial charge in [0.2, 0.25) is 0 Å². The highest BCUT2D eigenvalue weighted by atomic mass is 32.2. The van der Waals surface area contributed by atoms with Crippen LogP contribution < -0.4 is 4.74 Å². The summed E-state index contributed by atoms with van der Waals surface area (Å²) < 4.78 is 23.8. The normalized spacial score (nSPS) is 15.8. The Labute approximate surface area is 145 Å². The smallest absolute Gasteiger partial charge is 0.123 e. The predicted molar refractivity (Wildman–Crippen MR) is 93.7 cm³/mol. The van der Waals surface area contributed by atoms with Crippen LogP contribution in [0.4, 0.5) is 4.39 Å². The topological polar surface area (TPSA) is 38.7 Å². The molecule has 0 saturated carbocycles. The third kappa shape index (κ3) is 4.50. The lowest BCUT2D eigenvalue weighted by Crippen LogP contribution is -2.47. The first-order valence-corrected chi connectivity index (χ1v) is 9.07. The summed E-state index contributed by atoms with van der Waals surface area (Å²) in [6.45, 7) is 1.93. The molecule has 0 atom stereocenters. The zero-order chi connectivity index (χ0) is 16.8. The summed E-state index contributed by atoms with van der Waals surface area (Å²) in [6, 6.07) is 14.3. The molecule has 0 aromatic heterocycles. The van der Waals surface area contributed by atoms with Gasteiger partial charge in [-0.15, -0.1) is 0 Å². The summed E-state index contributed by atoms with van der Waals surface area (Å²) in [5, 5.41) is 9.41. The Balaban J connectivity index is 1.44. The number of benzene rings is 2. The van der Waals surface area contributed by atoms with Crippen LogP contribution in [0.2, 0.25) is 0 Å². The Morgan fingerprint density at radius 2 is 1.71 bits per heavy atom. The van der Waals surface area contributed by atoms with E-state index in [0.29, 0.717) is 19.8 Å². The van der Waals surface area contributed by atoms with Gasteiger partial charge in [0.1, 0.15) is 18.2 Å². The zero-order valence-electron chi connectivity index (χ0n) is 13.4. The first-order valence-electron chi connectivity index (χ1n) is 7.92. The fraction of sp³-hybridized carbons (Fsp3) is 0.368. The molecule has 0 radical (unpaired) electrons. The van der Waals surface area contributed by atoms with E-state index in [1.54, 1.807) is 12.1 Å². The molecule has 3 nitrogen and oxygen atoms in total. The van der Waals surface area contributed by atoms with Gasteiger partial charge in [0.15, 0.2) is 0 Å². The number of ether oxygens (including phenoxy) is 2. The molecule has 0 amide bonds. The lowest BCUT2D eigenvalue weighted by atomic mass is 9.90. The Morgan fingerprint density at radius 1 is 1.04 bits per heavy atom. The molecule has 0 unspecified atom stereocenters. The summed E-state index contributed by atoms with van der Waals surface area (Å²) in [6.07, 6.45) is 0. The second kappa shape index (κ2) is 8.01. The van der Waals surface area contributed by atoms with Crippen molar-refractivity contribution >= 4 is 11.8 Å². The fourth-order valence-corrected chi connectivity index (χ4v) is 3.65. The predicted octanol–water partition coefficient (Wildman–Crippen LogP) is 3.65. The zero-order valence-corrected chi connectivity index (χ0v) is 14.2. The highest BCUT2D eigenvalue weighted by molar-refractivity contribution is 7.98. The summed E-state index contributed by atoms with van der Waals surface area (Å²) in [4.78, 5) is 0. The van der Waals surface area contributed by atoms with E-state index in [1.165, 1.54) is 17.7 Å². The van der Waals surface area contributed by atoms with Crippen molar-refractivity contribution in [2.75, 3.05) is 25.6 Å². The maximum absolute atomic E-state index is 12.9. The van der Waals surface area contributed by atoms with Gasteiger partial charge < -0.3 is 14.6 Å². The van der Waals surface area contributed by atoms with Crippen molar-refractivity contribution < 1.29 is 19.0 Å². The molecule has 1 aliphatic heterocycles. The molecular weight excluding hydrogens is 327 g/mol. The van der Waals surface area contributed by atoms with Gasteiger partial charge in [-0.25, -0.2) is 4.39 Å². The van der Waals surface area contributed by atoms with Crippen molar-refractivity contribution in [2.45, 2.75) is 12.4 Å². The molecule has 1 heterocycles. The van der Waals surface area contributed by atoms with Crippen molar-refractivity contribution in [2.24, 2.45) is 5.41 Å². The van der Waals surface area contributed by atoms with Crippen LogP contribution in [0.15, 0.2) is 48.5 Å².